The number of nitrogens with zero attached hydrogens (tertiary/aromatic N) is 2. The number of benzene rings is 2. The molecule has 2 nitrogen and oxygen atoms in total. The van der Waals surface area contributed by atoms with E-state index in [1.807, 2.05) is 0 Å². The number of para-hydroxylation sites is 1. The van der Waals surface area contributed by atoms with Crippen molar-refractivity contribution in [2.45, 2.75) is 31.6 Å². The Labute approximate surface area is 146 Å². The van der Waals surface area contributed by atoms with Gasteiger partial charge in [0.15, 0.2) is 0 Å². The van der Waals surface area contributed by atoms with Gasteiger partial charge in [0.25, 0.3) is 0 Å². The zero-order valence-corrected chi connectivity index (χ0v) is 16.0. The van der Waals surface area contributed by atoms with Crippen molar-refractivity contribution < 1.29 is 0 Å². The molecule has 0 fully saturated rings. The highest BCUT2D eigenvalue weighted by molar-refractivity contribution is 14.2. The Morgan fingerprint density at radius 3 is 2.50 bits per heavy atom. The average molecular weight is 424 g/mol. The maximum Gasteiger partial charge on any atom is 0.0777 e. The smallest absolute Gasteiger partial charge is 0.0777 e. The molecule has 0 N–H and O–H groups in total. The predicted molar refractivity (Wildman–Crippen MR) is 105 cm³/mol. The Hall–Kier alpha value is -0.880. The fourth-order valence-electron chi connectivity index (χ4n) is 2.79. The molecule has 116 valence electrons. The van der Waals surface area contributed by atoms with Crippen LogP contribution in [0.5, 0.6) is 0 Å². The third kappa shape index (κ3) is 3.08. The Balaban J connectivity index is 2.09. The Morgan fingerprint density at radius 1 is 1.05 bits per heavy atom. The van der Waals surface area contributed by atoms with Crippen molar-refractivity contribution in [3.63, 3.8) is 0 Å². The van der Waals surface area contributed by atoms with E-state index in [1.54, 1.807) is 0 Å². The summed E-state index contributed by atoms with van der Waals surface area (Å²) in [6, 6.07) is 15.3. The minimum atomic E-state index is 0.0748. The van der Waals surface area contributed by atoms with Gasteiger partial charge >= 0.3 is 0 Å². The van der Waals surface area contributed by atoms with Crippen LogP contribution in [0.3, 0.4) is 0 Å². The molecule has 0 bridgehead atoms. The van der Waals surface area contributed by atoms with E-state index in [9.17, 15) is 0 Å². The van der Waals surface area contributed by atoms with Crippen molar-refractivity contribution in [1.29, 1.82) is 0 Å². The number of hydrogen-bond acceptors (Lipinski definition) is 2. The maximum absolute atomic E-state index is 4.84. The van der Waals surface area contributed by atoms with Crippen molar-refractivity contribution in [3.05, 3.63) is 52.3 Å². The second-order valence-corrected chi connectivity index (χ2v) is 9.51. The average Bonchev–Trinajstić information content (AvgIpc) is 2.55. The Kier molecular flexibility index (Phi) is 5.18. The molecule has 1 aliphatic rings. The van der Waals surface area contributed by atoms with E-state index in [0.29, 0.717) is 0 Å². The van der Waals surface area contributed by atoms with Gasteiger partial charge in [-0.3, -0.25) is 0 Å². The van der Waals surface area contributed by atoms with Gasteiger partial charge in [0.1, 0.15) is 0 Å². The monoisotopic (exact) mass is 424 g/mol. The first kappa shape index (κ1) is 16.0. The van der Waals surface area contributed by atoms with Crippen LogP contribution in [0.4, 0.5) is 11.4 Å². The molecule has 0 radical (unpaired) electrons. The molecular weight excluding hydrogens is 403 g/mol. The zero-order chi connectivity index (χ0) is 15.5. The van der Waals surface area contributed by atoms with Crippen molar-refractivity contribution in [1.82, 2.24) is 0 Å². The van der Waals surface area contributed by atoms with Crippen molar-refractivity contribution >= 4 is 40.2 Å². The third-order valence-electron chi connectivity index (χ3n) is 3.79. The molecule has 1 atom stereocenters. The molecule has 3 rings (SSSR count). The minimum Gasteiger partial charge on any atom is -0.372 e. The summed E-state index contributed by atoms with van der Waals surface area (Å²) in [7, 11) is 0.0748. The van der Waals surface area contributed by atoms with Gasteiger partial charge in [-0.25, -0.2) is 4.99 Å². The molecule has 0 aliphatic carbocycles. The fraction of sp³-hybridized carbons (Fsp3) is 0.333. The molecule has 0 saturated carbocycles. The lowest BCUT2D eigenvalue weighted by atomic mass is 10.2. The SMILES string of the molecule is CCCN(CCC)c1ccc2c(c1)S(I)=c1ccccc1=N2. The van der Waals surface area contributed by atoms with E-state index in [-0.39, 0.29) is 7.66 Å². The van der Waals surface area contributed by atoms with Gasteiger partial charge in [-0.05, 0) is 64.4 Å². The van der Waals surface area contributed by atoms with Crippen LogP contribution >= 0.6 is 28.9 Å². The lowest BCUT2D eigenvalue weighted by Gasteiger charge is -2.25. The van der Waals surface area contributed by atoms with Crippen molar-refractivity contribution in [2.75, 3.05) is 18.0 Å². The largest absolute Gasteiger partial charge is 0.372 e. The molecule has 2 aromatic rings. The van der Waals surface area contributed by atoms with Gasteiger partial charge in [0, 0.05) is 28.2 Å². The van der Waals surface area contributed by atoms with Crippen molar-refractivity contribution in [2.24, 2.45) is 4.99 Å². The molecule has 1 heterocycles. The van der Waals surface area contributed by atoms with Gasteiger partial charge in [0.2, 0.25) is 0 Å². The molecular formula is C18H21IN2S. The summed E-state index contributed by atoms with van der Waals surface area (Å²) in [5.74, 6) is 0. The Morgan fingerprint density at radius 2 is 1.77 bits per heavy atom. The van der Waals surface area contributed by atoms with Crippen LogP contribution in [0.25, 0.3) is 0 Å². The second kappa shape index (κ2) is 7.13. The molecule has 0 amide bonds. The molecule has 0 aromatic heterocycles. The molecule has 0 spiro atoms. The summed E-state index contributed by atoms with van der Waals surface area (Å²) in [6.45, 7) is 6.73. The van der Waals surface area contributed by atoms with E-state index < -0.39 is 0 Å². The third-order valence-corrected chi connectivity index (χ3v) is 8.08. The quantitative estimate of drug-likeness (QED) is 0.457. The van der Waals surface area contributed by atoms with E-state index in [2.05, 4.69) is 82.4 Å². The van der Waals surface area contributed by atoms with Crippen molar-refractivity contribution in [3.8, 4) is 0 Å². The highest BCUT2D eigenvalue weighted by Gasteiger charge is 2.13. The van der Waals surface area contributed by atoms with Gasteiger partial charge in [-0.2, -0.15) is 0 Å². The molecule has 2 aromatic carbocycles. The highest BCUT2D eigenvalue weighted by Crippen LogP contribution is 2.45. The van der Waals surface area contributed by atoms with Crippen LogP contribution in [-0.4, -0.2) is 13.1 Å². The van der Waals surface area contributed by atoms with Gasteiger partial charge in [-0.1, -0.05) is 33.6 Å². The molecule has 1 aliphatic heterocycles. The van der Waals surface area contributed by atoms with Crippen LogP contribution in [0.15, 0.2) is 52.4 Å². The van der Waals surface area contributed by atoms with Crippen LogP contribution in [0.1, 0.15) is 26.7 Å². The fourth-order valence-corrected chi connectivity index (χ4v) is 6.22. The van der Waals surface area contributed by atoms with Crippen LogP contribution in [-0.2, 0) is 0 Å². The number of fused-ring (bicyclic) bond motifs is 2. The molecule has 4 heteroatoms. The van der Waals surface area contributed by atoms with E-state index >= 15 is 0 Å². The standard InChI is InChI=1S/C18H21IN2S/c1-3-11-21(12-4-2)14-9-10-16-18(13-14)22(19)17-8-6-5-7-15(17)20-16/h5-10,13H,3-4,11-12H2,1-2H3. The number of halogens is 1. The summed E-state index contributed by atoms with van der Waals surface area (Å²) < 4.78 is 1.35. The van der Waals surface area contributed by atoms with Crippen LogP contribution in [0, 0.1) is 4.51 Å². The van der Waals surface area contributed by atoms with E-state index in [1.165, 1.54) is 27.9 Å². The second-order valence-electron chi connectivity index (χ2n) is 5.47. The summed E-state index contributed by atoms with van der Waals surface area (Å²) >= 11 is 2.57. The Bertz CT molecular complexity index is 795. The summed E-state index contributed by atoms with van der Waals surface area (Å²) in [6.07, 6.45) is 2.36. The summed E-state index contributed by atoms with van der Waals surface area (Å²) in [4.78, 5) is 8.70. The number of rotatable bonds is 5. The number of hydrogen-bond donors (Lipinski definition) is 0. The predicted octanol–water partition coefficient (Wildman–Crippen LogP) is 5.51. The van der Waals surface area contributed by atoms with Crippen LogP contribution in [0.2, 0.25) is 0 Å². The topological polar surface area (TPSA) is 15.6 Å². The molecule has 1 unspecified atom stereocenters. The first-order valence-corrected chi connectivity index (χ1v) is 11.6. The van der Waals surface area contributed by atoms with E-state index in [0.717, 1.165) is 24.1 Å². The van der Waals surface area contributed by atoms with Crippen LogP contribution < -0.4 is 10.3 Å². The lowest BCUT2D eigenvalue weighted by molar-refractivity contribution is 0.744. The van der Waals surface area contributed by atoms with E-state index in [4.69, 9.17) is 4.99 Å². The van der Waals surface area contributed by atoms with Gasteiger partial charge < -0.3 is 4.90 Å². The first-order valence-electron chi connectivity index (χ1n) is 7.85. The molecule has 22 heavy (non-hydrogen) atoms. The normalized spacial score (nSPS) is 15.7. The minimum absolute atomic E-state index is 0.0748. The van der Waals surface area contributed by atoms with Gasteiger partial charge in [-0.15, -0.1) is 0 Å². The zero-order valence-electron chi connectivity index (χ0n) is 13.1. The summed E-state index contributed by atoms with van der Waals surface area (Å²) in [5, 5.41) is 1.12. The lowest BCUT2D eigenvalue weighted by Crippen LogP contribution is -2.24. The summed E-state index contributed by atoms with van der Waals surface area (Å²) in [5.41, 5.74) is 2.47. The first-order chi connectivity index (χ1) is 10.7. The number of anilines is 1. The maximum atomic E-state index is 4.84. The van der Waals surface area contributed by atoms with Gasteiger partial charge in [0.05, 0.1) is 11.0 Å². The highest BCUT2D eigenvalue weighted by atomic mass is 127. The molecule has 0 saturated heterocycles.